The minimum Gasteiger partial charge on any atom is -0.344 e. The molecule has 0 spiro atoms. The minimum absolute atomic E-state index is 0.0605. The average Bonchev–Trinajstić information content (AvgIpc) is 2.55. The third-order valence-corrected chi connectivity index (χ3v) is 4.05. The Morgan fingerprint density at radius 2 is 1.77 bits per heavy atom. The molecule has 0 aliphatic heterocycles. The highest BCUT2D eigenvalue weighted by Crippen LogP contribution is 2.22. The summed E-state index contributed by atoms with van der Waals surface area (Å²) in [7, 11) is 0. The van der Waals surface area contributed by atoms with Crippen LogP contribution < -0.4 is 5.32 Å². The summed E-state index contributed by atoms with van der Waals surface area (Å²) in [5.41, 5.74) is 3.28. The number of thioether (sulfide) groups is 1. The van der Waals surface area contributed by atoms with Gasteiger partial charge in [-0.2, -0.15) is 5.26 Å². The Hall–Kier alpha value is -2.25. The molecular weight excluding hydrogens is 292 g/mol. The third kappa shape index (κ3) is 4.64. The van der Waals surface area contributed by atoms with Gasteiger partial charge in [0.25, 0.3) is 0 Å². The molecule has 2 aromatic rings. The lowest BCUT2D eigenvalue weighted by Crippen LogP contribution is -2.30. The Morgan fingerprint density at radius 3 is 2.41 bits per heavy atom. The lowest BCUT2D eigenvalue weighted by Gasteiger charge is -2.20. The second-order valence-electron chi connectivity index (χ2n) is 4.97. The quantitative estimate of drug-likeness (QED) is 0.831. The highest BCUT2D eigenvalue weighted by Gasteiger charge is 2.16. The van der Waals surface area contributed by atoms with Gasteiger partial charge >= 0.3 is 0 Å². The molecule has 4 heteroatoms. The van der Waals surface area contributed by atoms with Crippen molar-refractivity contribution in [3.05, 3.63) is 71.3 Å². The number of nitriles is 1. The first kappa shape index (κ1) is 16.1. The standard InChI is InChI=1S/C18H18N2OS/c1-14-7-9-16(10-8-14)18(15-5-3-2-4-6-15)20-17(21)13-22-12-11-19/h2-10,18H,12-13H2,1H3,(H,20,21). The van der Waals surface area contributed by atoms with E-state index >= 15 is 0 Å². The maximum atomic E-state index is 12.1. The van der Waals surface area contributed by atoms with Gasteiger partial charge in [-0.05, 0) is 18.1 Å². The molecule has 0 radical (unpaired) electrons. The van der Waals surface area contributed by atoms with Crippen LogP contribution in [0.4, 0.5) is 0 Å². The molecule has 1 atom stereocenters. The maximum absolute atomic E-state index is 12.1. The van der Waals surface area contributed by atoms with Crippen LogP contribution in [0.2, 0.25) is 0 Å². The van der Waals surface area contributed by atoms with Crippen molar-refractivity contribution >= 4 is 17.7 Å². The van der Waals surface area contributed by atoms with E-state index in [-0.39, 0.29) is 11.9 Å². The Kier molecular flexibility index (Phi) is 6.05. The topological polar surface area (TPSA) is 52.9 Å². The second-order valence-corrected chi connectivity index (χ2v) is 5.96. The fourth-order valence-electron chi connectivity index (χ4n) is 2.16. The summed E-state index contributed by atoms with van der Waals surface area (Å²) < 4.78 is 0. The number of rotatable bonds is 6. The Morgan fingerprint density at radius 1 is 1.14 bits per heavy atom. The summed E-state index contributed by atoms with van der Waals surface area (Å²) in [5.74, 6) is 0.561. The Balaban J connectivity index is 2.17. The van der Waals surface area contributed by atoms with Crippen LogP contribution in [0.5, 0.6) is 0 Å². The zero-order valence-corrected chi connectivity index (χ0v) is 13.3. The van der Waals surface area contributed by atoms with Crippen LogP contribution in [0.25, 0.3) is 0 Å². The monoisotopic (exact) mass is 310 g/mol. The molecule has 0 saturated carbocycles. The first-order valence-electron chi connectivity index (χ1n) is 7.06. The van der Waals surface area contributed by atoms with E-state index in [2.05, 4.69) is 5.32 Å². The molecule has 2 aromatic carbocycles. The van der Waals surface area contributed by atoms with Crippen LogP contribution in [-0.4, -0.2) is 17.4 Å². The number of benzene rings is 2. The normalized spacial score (nSPS) is 11.5. The van der Waals surface area contributed by atoms with Gasteiger partial charge in [-0.15, -0.1) is 11.8 Å². The number of carbonyl (C=O) groups excluding carboxylic acids is 1. The Bertz CT molecular complexity index is 647. The fourth-order valence-corrected chi connectivity index (χ4v) is 2.62. The largest absolute Gasteiger partial charge is 0.344 e. The van der Waals surface area contributed by atoms with Crippen molar-refractivity contribution in [1.82, 2.24) is 5.32 Å². The van der Waals surface area contributed by atoms with Crippen molar-refractivity contribution in [2.45, 2.75) is 13.0 Å². The lowest BCUT2D eigenvalue weighted by atomic mass is 9.98. The van der Waals surface area contributed by atoms with E-state index in [9.17, 15) is 4.79 Å². The molecule has 1 N–H and O–H groups in total. The van der Waals surface area contributed by atoms with Crippen molar-refractivity contribution in [3.63, 3.8) is 0 Å². The van der Waals surface area contributed by atoms with E-state index in [1.165, 1.54) is 17.3 Å². The summed E-state index contributed by atoms with van der Waals surface area (Å²) in [4.78, 5) is 12.1. The number of nitrogens with one attached hydrogen (secondary N) is 1. The van der Waals surface area contributed by atoms with Gasteiger partial charge in [-0.1, -0.05) is 60.2 Å². The predicted octanol–water partition coefficient (Wildman–Crippen LogP) is 3.46. The summed E-state index contributed by atoms with van der Waals surface area (Å²) >= 11 is 1.32. The highest BCUT2D eigenvalue weighted by molar-refractivity contribution is 8.00. The highest BCUT2D eigenvalue weighted by atomic mass is 32.2. The van der Waals surface area contributed by atoms with Gasteiger partial charge in [0.1, 0.15) is 0 Å². The molecule has 1 unspecified atom stereocenters. The smallest absolute Gasteiger partial charge is 0.230 e. The molecule has 0 bridgehead atoms. The van der Waals surface area contributed by atoms with Gasteiger partial charge in [-0.3, -0.25) is 4.79 Å². The van der Waals surface area contributed by atoms with Crippen molar-refractivity contribution in [2.75, 3.05) is 11.5 Å². The minimum atomic E-state index is -0.169. The van der Waals surface area contributed by atoms with Crippen molar-refractivity contribution < 1.29 is 4.79 Å². The molecule has 0 fully saturated rings. The van der Waals surface area contributed by atoms with Crippen LogP contribution in [0.1, 0.15) is 22.7 Å². The lowest BCUT2D eigenvalue weighted by molar-refractivity contribution is -0.119. The molecule has 0 aliphatic carbocycles. The van der Waals surface area contributed by atoms with Gasteiger partial charge in [0, 0.05) is 0 Å². The first-order valence-corrected chi connectivity index (χ1v) is 8.21. The maximum Gasteiger partial charge on any atom is 0.230 e. The predicted molar refractivity (Wildman–Crippen MR) is 90.5 cm³/mol. The van der Waals surface area contributed by atoms with Gasteiger partial charge < -0.3 is 5.32 Å². The zero-order valence-electron chi connectivity index (χ0n) is 12.5. The van der Waals surface area contributed by atoms with E-state index in [1.807, 2.05) is 67.6 Å². The van der Waals surface area contributed by atoms with Gasteiger partial charge in [0.05, 0.1) is 23.6 Å². The number of hydrogen-bond donors (Lipinski definition) is 1. The summed E-state index contributed by atoms with van der Waals surface area (Å²) in [6.07, 6.45) is 0. The molecule has 0 aromatic heterocycles. The molecular formula is C18H18N2OS. The molecule has 112 valence electrons. The molecule has 3 nitrogen and oxygen atoms in total. The third-order valence-electron chi connectivity index (χ3n) is 3.25. The van der Waals surface area contributed by atoms with E-state index in [0.29, 0.717) is 11.5 Å². The number of amides is 1. The number of carbonyl (C=O) groups is 1. The molecule has 0 saturated heterocycles. The molecule has 1 amide bonds. The molecule has 22 heavy (non-hydrogen) atoms. The van der Waals surface area contributed by atoms with E-state index in [1.54, 1.807) is 0 Å². The zero-order chi connectivity index (χ0) is 15.8. The van der Waals surface area contributed by atoms with Gasteiger partial charge in [-0.25, -0.2) is 0 Å². The number of nitrogens with zero attached hydrogens (tertiary/aromatic N) is 1. The van der Waals surface area contributed by atoms with Crippen LogP contribution in [0, 0.1) is 18.3 Å². The SMILES string of the molecule is Cc1ccc(C(NC(=O)CSCC#N)c2ccccc2)cc1. The van der Waals surface area contributed by atoms with Crippen LogP contribution >= 0.6 is 11.8 Å². The number of aryl methyl sites for hydroxylation is 1. The molecule has 2 rings (SSSR count). The number of hydrogen-bond acceptors (Lipinski definition) is 3. The van der Waals surface area contributed by atoms with Gasteiger partial charge in [0.2, 0.25) is 5.91 Å². The second kappa shape index (κ2) is 8.26. The summed E-state index contributed by atoms with van der Waals surface area (Å²) in [6.45, 7) is 2.04. The Labute approximate surface area is 135 Å². The fraction of sp³-hybridized carbons (Fsp3) is 0.222. The van der Waals surface area contributed by atoms with Crippen LogP contribution in [-0.2, 0) is 4.79 Å². The van der Waals surface area contributed by atoms with E-state index in [4.69, 9.17) is 5.26 Å². The summed E-state index contributed by atoms with van der Waals surface area (Å²) in [5, 5.41) is 11.6. The van der Waals surface area contributed by atoms with Gasteiger partial charge in [0.15, 0.2) is 0 Å². The average molecular weight is 310 g/mol. The summed E-state index contributed by atoms with van der Waals surface area (Å²) in [6, 6.07) is 19.9. The van der Waals surface area contributed by atoms with Crippen LogP contribution in [0.15, 0.2) is 54.6 Å². The molecule has 0 aliphatic rings. The van der Waals surface area contributed by atoms with Crippen molar-refractivity contribution in [3.8, 4) is 6.07 Å². The van der Waals surface area contributed by atoms with Crippen molar-refractivity contribution in [2.24, 2.45) is 0 Å². The first-order chi connectivity index (χ1) is 10.7. The molecule has 0 heterocycles. The van der Waals surface area contributed by atoms with E-state index in [0.717, 1.165) is 11.1 Å². The van der Waals surface area contributed by atoms with Crippen LogP contribution in [0.3, 0.4) is 0 Å². The van der Waals surface area contributed by atoms with Crippen molar-refractivity contribution in [1.29, 1.82) is 5.26 Å². The van der Waals surface area contributed by atoms with E-state index < -0.39 is 0 Å².